The normalized spacial score (nSPS) is 11.5. The van der Waals surface area contributed by atoms with E-state index in [1.54, 1.807) is 14.0 Å². The van der Waals surface area contributed by atoms with Crippen LogP contribution < -0.4 is 15.4 Å². The Balaban J connectivity index is 1.77. The summed E-state index contributed by atoms with van der Waals surface area (Å²) in [5.41, 5.74) is 2.72. The quantitative estimate of drug-likeness (QED) is 0.712. The van der Waals surface area contributed by atoms with Crippen LogP contribution in [0.25, 0.3) is 0 Å². The molecule has 2 N–H and O–H groups in total. The second-order valence-corrected chi connectivity index (χ2v) is 6.08. The zero-order chi connectivity index (χ0) is 19.6. The molecule has 1 atom stereocenters. The number of para-hydroxylation sites is 1. The van der Waals surface area contributed by atoms with E-state index < -0.39 is 6.10 Å². The Morgan fingerprint density at radius 2 is 1.89 bits per heavy atom. The van der Waals surface area contributed by atoms with Gasteiger partial charge in [0.1, 0.15) is 11.9 Å². The highest BCUT2D eigenvalue weighted by atomic mass is 16.5. The maximum absolute atomic E-state index is 12.1. The predicted octanol–water partition coefficient (Wildman–Crippen LogP) is 2.92. The number of hydrogen-bond donors (Lipinski definition) is 2. The summed E-state index contributed by atoms with van der Waals surface area (Å²) in [4.78, 5) is 24.2. The molecule has 6 heteroatoms. The largest absolute Gasteiger partial charge is 0.497 e. The molecule has 0 aliphatic rings. The Morgan fingerprint density at radius 1 is 1.11 bits per heavy atom. The smallest absolute Gasteiger partial charge is 0.249 e. The van der Waals surface area contributed by atoms with E-state index in [4.69, 9.17) is 9.47 Å². The molecule has 144 valence electrons. The number of aryl methyl sites for hydroxylation is 1. The molecule has 0 radical (unpaired) electrons. The fourth-order valence-electron chi connectivity index (χ4n) is 2.52. The van der Waals surface area contributed by atoms with Crippen LogP contribution in [0.1, 0.15) is 25.0 Å². The third-order valence-electron chi connectivity index (χ3n) is 4.10. The van der Waals surface area contributed by atoms with Gasteiger partial charge in [0.15, 0.2) is 0 Å². The van der Waals surface area contributed by atoms with Crippen LogP contribution in [0.15, 0.2) is 48.5 Å². The Morgan fingerprint density at radius 3 is 2.63 bits per heavy atom. The van der Waals surface area contributed by atoms with Gasteiger partial charge in [-0.1, -0.05) is 37.3 Å². The fourth-order valence-corrected chi connectivity index (χ4v) is 2.52. The van der Waals surface area contributed by atoms with Gasteiger partial charge in [-0.15, -0.1) is 0 Å². The molecule has 0 bridgehead atoms. The van der Waals surface area contributed by atoms with E-state index in [-0.39, 0.29) is 25.0 Å². The Kier molecular flexibility index (Phi) is 7.82. The highest BCUT2D eigenvalue weighted by Gasteiger charge is 2.15. The van der Waals surface area contributed by atoms with Gasteiger partial charge in [-0.05, 0) is 42.7 Å². The summed E-state index contributed by atoms with van der Waals surface area (Å²) in [7, 11) is 1.60. The lowest BCUT2D eigenvalue weighted by molar-refractivity contribution is -0.133. The molecule has 0 aromatic heterocycles. The molecule has 0 saturated heterocycles. The average Bonchev–Trinajstić information content (AvgIpc) is 2.70. The summed E-state index contributed by atoms with van der Waals surface area (Å²) < 4.78 is 10.7. The number of nitrogens with one attached hydrogen (secondary N) is 2. The van der Waals surface area contributed by atoms with E-state index in [1.165, 1.54) is 0 Å². The van der Waals surface area contributed by atoms with Gasteiger partial charge >= 0.3 is 0 Å². The molecular weight excluding hydrogens is 344 g/mol. The van der Waals surface area contributed by atoms with E-state index in [0.29, 0.717) is 0 Å². The maximum atomic E-state index is 12.1. The van der Waals surface area contributed by atoms with Crippen molar-refractivity contribution in [3.63, 3.8) is 0 Å². The monoisotopic (exact) mass is 370 g/mol. The van der Waals surface area contributed by atoms with Gasteiger partial charge in [-0.2, -0.15) is 0 Å². The lowest BCUT2D eigenvalue weighted by Crippen LogP contribution is -2.39. The van der Waals surface area contributed by atoms with Crippen molar-refractivity contribution in [1.82, 2.24) is 5.32 Å². The lowest BCUT2D eigenvalue weighted by atomic mass is 10.1. The summed E-state index contributed by atoms with van der Waals surface area (Å²) in [6, 6.07) is 15.0. The molecule has 27 heavy (non-hydrogen) atoms. The van der Waals surface area contributed by atoms with Crippen molar-refractivity contribution in [1.29, 1.82) is 0 Å². The number of amides is 2. The molecule has 2 amide bonds. The van der Waals surface area contributed by atoms with E-state index in [9.17, 15) is 9.59 Å². The highest BCUT2D eigenvalue weighted by molar-refractivity contribution is 5.95. The van der Waals surface area contributed by atoms with Crippen LogP contribution >= 0.6 is 0 Å². The summed E-state index contributed by atoms with van der Waals surface area (Å²) in [6.07, 6.45) is 0.143. The first-order chi connectivity index (χ1) is 13.0. The summed E-state index contributed by atoms with van der Waals surface area (Å²) in [6.45, 7) is 3.85. The van der Waals surface area contributed by atoms with Gasteiger partial charge in [0.2, 0.25) is 11.8 Å². The van der Waals surface area contributed by atoms with Crippen molar-refractivity contribution >= 4 is 17.5 Å². The zero-order valence-corrected chi connectivity index (χ0v) is 16.0. The van der Waals surface area contributed by atoms with Gasteiger partial charge in [0.25, 0.3) is 0 Å². The fraction of sp³-hybridized carbons (Fsp3) is 0.333. The second kappa shape index (κ2) is 10.3. The topological polar surface area (TPSA) is 76.7 Å². The second-order valence-electron chi connectivity index (χ2n) is 6.08. The van der Waals surface area contributed by atoms with Crippen LogP contribution in [0.3, 0.4) is 0 Å². The first-order valence-corrected chi connectivity index (χ1v) is 8.93. The van der Waals surface area contributed by atoms with Crippen LogP contribution in [0.4, 0.5) is 5.69 Å². The third-order valence-corrected chi connectivity index (χ3v) is 4.10. The van der Waals surface area contributed by atoms with Crippen molar-refractivity contribution in [2.24, 2.45) is 0 Å². The number of hydrogen-bond acceptors (Lipinski definition) is 4. The Hall–Kier alpha value is -2.86. The van der Waals surface area contributed by atoms with Gasteiger partial charge < -0.3 is 20.1 Å². The molecule has 2 aromatic rings. The van der Waals surface area contributed by atoms with E-state index >= 15 is 0 Å². The van der Waals surface area contributed by atoms with Gasteiger partial charge in [-0.3, -0.25) is 9.59 Å². The first-order valence-electron chi connectivity index (χ1n) is 8.93. The number of carbonyl (C=O) groups excluding carboxylic acids is 2. The SMILES string of the molecule is CCc1ccccc1NC(=O)CNC(=O)C(C)OCc1cccc(OC)c1. The standard InChI is InChI=1S/C21H26N2O4/c1-4-17-9-5-6-11-19(17)23-20(24)13-22-21(25)15(2)27-14-16-8-7-10-18(12-16)26-3/h5-12,15H,4,13-14H2,1-3H3,(H,22,25)(H,23,24). The van der Waals surface area contributed by atoms with Crippen molar-refractivity contribution in [3.05, 3.63) is 59.7 Å². The number of ether oxygens (including phenoxy) is 2. The molecule has 6 nitrogen and oxygen atoms in total. The van der Waals surface area contributed by atoms with Crippen molar-refractivity contribution < 1.29 is 19.1 Å². The highest BCUT2D eigenvalue weighted by Crippen LogP contribution is 2.15. The van der Waals surface area contributed by atoms with Crippen LogP contribution in [0, 0.1) is 0 Å². The van der Waals surface area contributed by atoms with Crippen LogP contribution in [-0.4, -0.2) is 31.6 Å². The summed E-state index contributed by atoms with van der Waals surface area (Å²) >= 11 is 0. The van der Waals surface area contributed by atoms with E-state index in [1.807, 2.05) is 55.5 Å². The van der Waals surface area contributed by atoms with Crippen molar-refractivity contribution in [2.75, 3.05) is 19.0 Å². The number of anilines is 1. The number of rotatable bonds is 9. The summed E-state index contributed by atoms with van der Waals surface area (Å²) in [5.74, 6) is 0.123. The molecule has 2 aromatic carbocycles. The Bertz CT molecular complexity index is 776. The lowest BCUT2D eigenvalue weighted by Gasteiger charge is -2.14. The van der Waals surface area contributed by atoms with E-state index in [0.717, 1.165) is 29.0 Å². The molecular formula is C21H26N2O4. The van der Waals surface area contributed by atoms with Crippen molar-refractivity contribution in [2.45, 2.75) is 33.0 Å². The third kappa shape index (κ3) is 6.42. The van der Waals surface area contributed by atoms with Crippen molar-refractivity contribution in [3.8, 4) is 5.75 Å². The molecule has 0 spiro atoms. The summed E-state index contributed by atoms with van der Waals surface area (Å²) in [5, 5.41) is 5.42. The predicted molar refractivity (Wildman–Crippen MR) is 105 cm³/mol. The maximum Gasteiger partial charge on any atom is 0.249 e. The molecule has 0 saturated carbocycles. The molecule has 2 rings (SSSR count). The zero-order valence-electron chi connectivity index (χ0n) is 16.0. The number of methoxy groups -OCH3 is 1. The minimum absolute atomic E-state index is 0.107. The molecule has 0 heterocycles. The Labute approximate surface area is 159 Å². The van der Waals surface area contributed by atoms with Crippen LogP contribution in [0.2, 0.25) is 0 Å². The average molecular weight is 370 g/mol. The number of carbonyl (C=O) groups is 2. The molecule has 0 fully saturated rings. The van der Waals surface area contributed by atoms with Crippen LogP contribution in [-0.2, 0) is 27.4 Å². The molecule has 0 aliphatic heterocycles. The number of benzene rings is 2. The minimum atomic E-state index is -0.674. The van der Waals surface area contributed by atoms with E-state index in [2.05, 4.69) is 10.6 Å². The first kappa shape index (κ1) is 20.5. The van der Waals surface area contributed by atoms with Gasteiger partial charge in [-0.25, -0.2) is 0 Å². The van der Waals surface area contributed by atoms with Gasteiger partial charge in [0, 0.05) is 5.69 Å². The van der Waals surface area contributed by atoms with Crippen LogP contribution in [0.5, 0.6) is 5.75 Å². The molecule has 0 aliphatic carbocycles. The molecule has 1 unspecified atom stereocenters. The minimum Gasteiger partial charge on any atom is -0.497 e. The van der Waals surface area contributed by atoms with Gasteiger partial charge in [0.05, 0.1) is 20.3 Å².